The van der Waals surface area contributed by atoms with Crippen molar-refractivity contribution in [3.63, 3.8) is 0 Å². The summed E-state index contributed by atoms with van der Waals surface area (Å²) in [5.41, 5.74) is 0.315. The third-order valence-corrected chi connectivity index (χ3v) is 3.16. The zero-order valence-corrected chi connectivity index (χ0v) is 9.80. The minimum atomic E-state index is 0.0666. The van der Waals surface area contributed by atoms with Crippen LogP contribution < -0.4 is 0 Å². The van der Waals surface area contributed by atoms with Crippen LogP contribution in [0.2, 0.25) is 0 Å². The van der Waals surface area contributed by atoms with Gasteiger partial charge in [0.15, 0.2) is 0 Å². The molecule has 1 aliphatic heterocycles. The van der Waals surface area contributed by atoms with Crippen LogP contribution in [0.25, 0.3) is 0 Å². The standard InChI is InChI=1S/C12H23O3/c1-2-12(10-15-11-12)9-14-8-6-4-3-5-7-13/h2-11H2,1H3. The summed E-state index contributed by atoms with van der Waals surface area (Å²) in [6.45, 7) is 5.66. The Kier molecular flexibility index (Phi) is 6.22. The van der Waals surface area contributed by atoms with Gasteiger partial charge in [-0.15, -0.1) is 0 Å². The average molecular weight is 215 g/mol. The van der Waals surface area contributed by atoms with Crippen molar-refractivity contribution in [2.75, 3.05) is 33.0 Å². The molecule has 3 heteroatoms. The Morgan fingerprint density at radius 1 is 1.20 bits per heavy atom. The van der Waals surface area contributed by atoms with Crippen molar-refractivity contribution in [3.05, 3.63) is 0 Å². The molecule has 0 unspecified atom stereocenters. The molecule has 0 saturated carbocycles. The quantitative estimate of drug-likeness (QED) is 0.554. The maximum Gasteiger partial charge on any atom is 0.0822 e. The number of rotatable bonds is 9. The minimum Gasteiger partial charge on any atom is -0.381 e. The molecule has 15 heavy (non-hydrogen) atoms. The summed E-state index contributed by atoms with van der Waals surface area (Å²) in [6, 6.07) is 0. The second kappa shape index (κ2) is 7.20. The molecule has 1 saturated heterocycles. The van der Waals surface area contributed by atoms with E-state index in [1.165, 1.54) is 0 Å². The topological polar surface area (TPSA) is 38.4 Å². The molecule has 0 bridgehead atoms. The Morgan fingerprint density at radius 3 is 2.47 bits per heavy atom. The van der Waals surface area contributed by atoms with Crippen LogP contribution >= 0.6 is 0 Å². The maximum absolute atomic E-state index is 10.2. The molecule has 0 spiro atoms. The van der Waals surface area contributed by atoms with Crippen molar-refractivity contribution in [2.45, 2.75) is 39.0 Å². The van der Waals surface area contributed by atoms with Crippen molar-refractivity contribution in [3.8, 4) is 0 Å². The highest BCUT2D eigenvalue weighted by molar-refractivity contribution is 4.83. The van der Waals surface area contributed by atoms with E-state index >= 15 is 0 Å². The van der Waals surface area contributed by atoms with Gasteiger partial charge in [-0.25, -0.2) is 5.11 Å². The lowest BCUT2D eigenvalue weighted by atomic mass is 9.84. The van der Waals surface area contributed by atoms with Gasteiger partial charge in [-0.1, -0.05) is 19.8 Å². The van der Waals surface area contributed by atoms with Crippen molar-refractivity contribution >= 4 is 0 Å². The van der Waals surface area contributed by atoms with Crippen LogP contribution in [0.3, 0.4) is 0 Å². The van der Waals surface area contributed by atoms with Gasteiger partial charge in [0, 0.05) is 12.0 Å². The van der Waals surface area contributed by atoms with Gasteiger partial charge in [0.1, 0.15) is 0 Å². The molecule has 0 N–H and O–H groups in total. The molecule has 1 fully saturated rings. The van der Waals surface area contributed by atoms with E-state index in [9.17, 15) is 5.11 Å². The third-order valence-electron chi connectivity index (χ3n) is 3.16. The molecule has 89 valence electrons. The summed E-state index contributed by atoms with van der Waals surface area (Å²) >= 11 is 0. The first-order valence-corrected chi connectivity index (χ1v) is 6.06. The summed E-state index contributed by atoms with van der Waals surface area (Å²) in [6.07, 6.45) is 5.21. The summed E-state index contributed by atoms with van der Waals surface area (Å²) < 4.78 is 10.9. The molecule has 3 nitrogen and oxygen atoms in total. The fraction of sp³-hybridized carbons (Fsp3) is 1.00. The SMILES string of the molecule is CCC1(COCCCCCC[O])COC1. The zero-order chi connectivity index (χ0) is 11.0. The normalized spacial score (nSPS) is 18.8. The second-order valence-corrected chi connectivity index (χ2v) is 4.52. The fourth-order valence-electron chi connectivity index (χ4n) is 1.73. The first-order chi connectivity index (χ1) is 7.33. The van der Waals surface area contributed by atoms with Gasteiger partial charge in [-0.05, 0) is 19.3 Å². The summed E-state index contributed by atoms with van der Waals surface area (Å²) in [5.74, 6) is 0. The van der Waals surface area contributed by atoms with Crippen molar-refractivity contribution in [1.82, 2.24) is 0 Å². The third kappa shape index (κ3) is 4.49. The average Bonchev–Trinajstić information content (AvgIpc) is 2.20. The molecule has 0 aromatic heterocycles. The summed E-state index contributed by atoms with van der Waals surface area (Å²) in [7, 11) is 0. The van der Waals surface area contributed by atoms with Gasteiger partial charge in [-0.3, -0.25) is 0 Å². The first kappa shape index (κ1) is 12.9. The summed E-state index contributed by atoms with van der Waals surface area (Å²) in [5, 5.41) is 10.2. The van der Waals surface area contributed by atoms with Crippen LogP contribution in [0.5, 0.6) is 0 Å². The number of ether oxygens (including phenoxy) is 2. The lowest BCUT2D eigenvalue weighted by Gasteiger charge is -2.40. The van der Waals surface area contributed by atoms with Gasteiger partial charge in [0.25, 0.3) is 0 Å². The van der Waals surface area contributed by atoms with Crippen molar-refractivity contribution in [1.29, 1.82) is 0 Å². The van der Waals surface area contributed by atoms with Gasteiger partial charge >= 0.3 is 0 Å². The Morgan fingerprint density at radius 2 is 1.93 bits per heavy atom. The highest BCUT2D eigenvalue weighted by atomic mass is 16.5. The Bertz CT molecular complexity index is 149. The van der Waals surface area contributed by atoms with Gasteiger partial charge in [0.05, 0.1) is 26.4 Å². The predicted octanol–water partition coefficient (Wildman–Crippen LogP) is 2.42. The van der Waals surface area contributed by atoms with E-state index in [0.717, 1.165) is 58.5 Å². The summed E-state index contributed by atoms with van der Waals surface area (Å²) in [4.78, 5) is 0. The van der Waals surface area contributed by atoms with Crippen molar-refractivity contribution in [2.24, 2.45) is 5.41 Å². The van der Waals surface area contributed by atoms with Crippen molar-refractivity contribution < 1.29 is 14.6 Å². The number of hydrogen-bond donors (Lipinski definition) is 0. The first-order valence-electron chi connectivity index (χ1n) is 6.06. The predicted molar refractivity (Wildman–Crippen MR) is 58.4 cm³/mol. The van der Waals surface area contributed by atoms with E-state index in [2.05, 4.69) is 6.92 Å². The molecule has 1 heterocycles. The second-order valence-electron chi connectivity index (χ2n) is 4.52. The lowest BCUT2D eigenvalue weighted by Crippen LogP contribution is -2.45. The number of hydrogen-bond acceptors (Lipinski definition) is 2. The van der Waals surface area contributed by atoms with Crippen LogP contribution in [-0.2, 0) is 14.6 Å². The van der Waals surface area contributed by atoms with Gasteiger partial charge in [-0.2, -0.15) is 0 Å². The fourth-order valence-corrected chi connectivity index (χ4v) is 1.73. The largest absolute Gasteiger partial charge is 0.381 e. The van der Waals surface area contributed by atoms with Crippen LogP contribution in [0.4, 0.5) is 0 Å². The molecule has 0 aromatic carbocycles. The van der Waals surface area contributed by atoms with Crippen LogP contribution in [0.15, 0.2) is 0 Å². The Balaban J connectivity index is 1.88. The molecule has 1 rings (SSSR count). The van der Waals surface area contributed by atoms with E-state index in [1.807, 2.05) is 0 Å². The van der Waals surface area contributed by atoms with E-state index in [4.69, 9.17) is 9.47 Å². The molecule has 1 radical (unpaired) electrons. The highest BCUT2D eigenvalue weighted by Gasteiger charge is 2.36. The van der Waals surface area contributed by atoms with E-state index < -0.39 is 0 Å². The lowest BCUT2D eigenvalue weighted by molar-refractivity contribution is -0.150. The van der Waals surface area contributed by atoms with Crippen LogP contribution in [-0.4, -0.2) is 33.0 Å². The number of unbranched alkanes of at least 4 members (excludes halogenated alkanes) is 3. The maximum atomic E-state index is 10.2. The van der Waals surface area contributed by atoms with E-state index in [-0.39, 0.29) is 6.61 Å². The van der Waals surface area contributed by atoms with Gasteiger partial charge < -0.3 is 9.47 Å². The van der Waals surface area contributed by atoms with Gasteiger partial charge in [0.2, 0.25) is 0 Å². The Labute approximate surface area is 92.8 Å². The molecule has 0 amide bonds. The molecular formula is C12H23O3. The minimum absolute atomic E-state index is 0.0666. The molecular weight excluding hydrogens is 192 g/mol. The molecule has 0 atom stereocenters. The zero-order valence-electron chi connectivity index (χ0n) is 9.80. The Hall–Kier alpha value is -0.120. The molecule has 0 aromatic rings. The highest BCUT2D eigenvalue weighted by Crippen LogP contribution is 2.31. The molecule has 0 aliphatic carbocycles. The van der Waals surface area contributed by atoms with E-state index in [0.29, 0.717) is 5.41 Å². The van der Waals surface area contributed by atoms with Crippen LogP contribution in [0, 0.1) is 5.41 Å². The van der Waals surface area contributed by atoms with E-state index in [1.54, 1.807) is 0 Å². The molecule has 1 aliphatic rings. The smallest absolute Gasteiger partial charge is 0.0822 e. The van der Waals surface area contributed by atoms with Crippen LogP contribution in [0.1, 0.15) is 39.0 Å². The monoisotopic (exact) mass is 215 g/mol.